The monoisotopic (exact) mass is 338 g/mol. The van der Waals surface area contributed by atoms with Crippen LogP contribution in [0.3, 0.4) is 0 Å². The molecule has 7 nitrogen and oxygen atoms in total. The molecule has 0 amide bonds. The summed E-state index contributed by atoms with van der Waals surface area (Å²) in [7, 11) is -4.13. The normalized spacial score (nSPS) is 37.3. The highest BCUT2D eigenvalue weighted by Crippen LogP contribution is 2.59. The first kappa shape index (κ1) is 18.3. The molecule has 0 spiro atoms. The number of ether oxygens (including phenoxy) is 3. The Hall–Kier alpha value is -0.0100. The highest BCUT2D eigenvalue weighted by atomic mass is 31.2. The number of rotatable bonds is 5. The van der Waals surface area contributed by atoms with E-state index in [9.17, 15) is 14.6 Å². The van der Waals surface area contributed by atoms with Gasteiger partial charge in [0.2, 0.25) is 0 Å². The summed E-state index contributed by atoms with van der Waals surface area (Å²) in [5.41, 5.74) is -0.796. The second kappa shape index (κ2) is 5.81. The Labute approximate surface area is 131 Å². The topological polar surface area (TPSA) is 94.5 Å². The van der Waals surface area contributed by atoms with Crippen LogP contribution in [0.2, 0.25) is 0 Å². The predicted molar refractivity (Wildman–Crippen MR) is 79.4 cm³/mol. The summed E-state index contributed by atoms with van der Waals surface area (Å²) in [4.78, 5) is 10.4. The van der Waals surface area contributed by atoms with Crippen molar-refractivity contribution in [3.63, 3.8) is 0 Å². The number of hydrogen-bond acceptors (Lipinski definition) is 6. The van der Waals surface area contributed by atoms with Gasteiger partial charge in [0, 0.05) is 0 Å². The van der Waals surface area contributed by atoms with Gasteiger partial charge in [-0.2, -0.15) is 0 Å². The van der Waals surface area contributed by atoms with E-state index in [-0.39, 0.29) is 12.5 Å². The summed E-state index contributed by atoms with van der Waals surface area (Å²) in [6.07, 6.45) is -2.04. The minimum absolute atomic E-state index is 0.0380. The van der Waals surface area contributed by atoms with E-state index in [1.54, 1.807) is 27.7 Å². The molecule has 2 aliphatic heterocycles. The zero-order valence-corrected chi connectivity index (χ0v) is 14.9. The van der Waals surface area contributed by atoms with Gasteiger partial charge in [-0.25, -0.2) is 0 Å². The summed E-state index contributed by atoms with van der Waals surface area (Å²) >= 11 is 0. The third kappa shape index (κ3) is 3.41. The lowest BCUT2D eigenvalue weighted by Crippen LogP contribution is -2.35. The molecule has 0 bridgehead atoms. The van der Waals surface area contributed by atoms with Crippen molar-refractivity contribution in [2.24, 2.45) is 5.92 Å². The first-order valence-corrected chi connectivity index (χ1v) is 9.19. The van der Waals surface area contributed by atoms with E-state index in [0.717, 1.165) is 0 Å². The molecule has 0 aliphatic carbocycles. The van der Waals surface area contributed by atoms with Gasteiger partial charge in [-0.15, -0.1) is 0 Å². The summed E-state index contributed by atoms with van der Waals surface area (Å²) < 4.78 is 35.2. The van der Waals surface area contributed by atoms with Crippen LogP contribution < -0.4 is 0 Å². The molecular formula is C14H27O7P. The largest absolute Gasteiger partial charge is 0.394 e. The van der Waals surface area contributed by atoms with Crippen LogP contribution in [0.1, 0.15) is 41.5 Å². The van der Waals surface area contributed by atoms with E-state index < -0.39 is 43.1 Å². The molecule has 2 saturated heterocycles. The highest BCUT2D eigenvalue weighted by molar-refractivity contribution is 7.53. The van der Waals surface area contributed by atoms with Gasteiger partial charge in [0.15, 0.2) is 11.6 Å². The van der Waals surface area contributed by atoms with E-state index in [1.807, 2.05) is 13.8 Å². The standard InChI is InChI=1S/C14H27O7P/c1-8(2)13(3,4)21-22(16,17)12-11-10(9(7-15)18-12)19-14(5,6)20-11/h8-12,15H,7H2,1-6H3,(H,16,17). The average molecular weight is 338 g/mol. The molecule has 0 saturated carbocycles. The van der Waals surface area contributed by atoms with Crippen molar-refractivity contribution in [1.82, 2.24) is 0 Å². The van der Waals surface area contributed by atoms with Crippen molar-refractivity contribution in [1.29, 1.82) is 0 Å². The third-order valence-electron chi connectivity index (χ3n) is 4.38. The van der Waals surface area contributed by atoms with Crippen molar-refractivity contribution in [3.8, 4) is 0 Å². The van der Waals surface area contributed by atoms with Crippen LogP contribution in [0.5, 0.6) is 0 Å². The van der Waals surface area contributed by atoms with E-state index in [2.05, 4.69) is 0 Å². The van der Waals surface area contributed by atoms with E-state index in [1.165, 1.54) is 0 Å². The average Bonchev–Trinajstić information content (AvgIpc) is 2.80. The fourth-order valence-electron chi connectivity index (χ4n) is 2.56. The second-order valence-electron chi connectivity index (χ2n) is 7.23. The van der Waals surface area contributed by atoms with E-state index in [0.29, 0.717) is 0 Å². The van der Waals surface area contributed by atoms with Crippen molar-refractivity contribution in [2.75, 3.05) is 6.61 Å². The lowest BCUT2D eigenvalue weighted by atomic mass is 9.95. The molecule has 5 atom stereocenters. The van der Waals surface area contributed by atoms with Gasteiger partial charge in [0.05, 0.1) is 12.2 Å². The van der Waals surface area contributed by atoms with Gasteiger partial charge < -0.3 is 28.7 Å². The van der Waals surface area contributed by atoms with Gasteiger partial charge in [0.25, 0.3) is 0 Å². The Kier molecular flexibility index (Phi) is 4.84. The Morgan fingerprint density at radius 1 is 1.27 bits per heavy atom. The maximum Gasteiger partial charge on any atom is 0.359 e. The smallest absolute Gasteiger partial charge is 0.359 e. The second-order valence-corrected chi connectivity index (χ2v) is 9.05. The lowest BCUT2D eigenvalue weighted by molar-refractivity contribution is -0.184. The summed E-state index contributed by atoms with van der Waals surface area (Å²) in [6.45, 7) is 10.5. The van der Waals surface area contributed by atoms with Crippen LogP contribution in [0.15, 0.2) is 0 Å². The van der Waals surface area contributed by atoms with Gasteiger partial charge in [-0.05, 0) is 33.6 Å². The molecule has 2 N–H and O–H groups in total. The van der Waals surface area contributed by atoms with E-state index in [4.69, 9.17) is 18.7 Å². The van der Waals surface area contributed by atoms with Crippen LogP contribution in [-0.4, -0.2) is 52.2 Å². The SMILES string of the molecule is CC(C)C(C)(C)OP(=O)(O)C1OC(CO)C2OC(C)(C)OC21. The maximum absolute atomic E-state index is 12.7. The van der Waals surface area contributed by atoms with Gasteiger partial charge >= 0.3 is 7.60 Å². The minimum Gasteiger partial charge on any atom is -0.394 e. The van der Waals surface area contributed by atoms with Crippen molar-refractivity contribution < 1.29 is 33.3 Å². The Morgan fingerprint density at radius 3 is 2.32 bits per heavy atom. The Bertz CT molecular complexity index is 462. The van der Waals surface area contributed by atoms with Crippen LogP contribution in [-0.2, 0) is 23.3 Å². The number of aliphatic hydroxyl groups is 1. The lowest BCUT2D eigenvalue weighted by Gasteiger charge is -2.34. The molecule has 2 fully saturated rings. The zero-order valence-electron chi connectivity index (χ0n) is 14.0. The van der Waals surface area contributed by atoms with Crippen LogP contribution >= 0.6 is 7.60 Å². The molecular weight excluding hydrogens is 311 g/mol. The van der Waals surface area contributed by atoms with Gasteiger partial charge in [0.1, 0.15) is 18.3 Å². The first-order chi connectivity index (χ1) is 9.89. The van der Waals surface area contributed by atoms with Crippen molar-refractivity contribution in [2.45, 2.75) is 77.1 Å². The molecule has 0 radical (unpaired) electrons. The molecule has 2 heterocycles. The number of hydrogen-bond donors (Lipinski definition) is 2. The predicted octanol–water partition coefficient (Wildman–Crippen LogP) is 1.86. The van der Waals surface area contributed by atoms with Crippen molar-refractivity contribution >= 4 is 7.60 Å². The maximum atomic E-state index is 12.7. The fourth-order valence-corrected chi connectivity index (χ4v) is 4.46. The van der Waals surface area contributed by atoms with Crippen LogP contribution in [0.25, 0.3) is 0 Å². The summed E-state index contributed by atoms with van der Waals surface area (Å²) in [6, 6.07) is 0. The first-order valence-electron chi connectivity index (χ1n) is 7.55. The molecule has 2 aliphatic rings. The van der Waals surface area contributed by atoms with Gasteiger partial charge in [-0.1, -0.05) is 13.8 Å². The fraction of sp³-hybridized carbons (Fsp3) is 1.00. The molecule has 130 valence electrons. The minimum atomic E-state index is -4.13. The highest BCUT2D eigenvalue weighted by Gasteiger charge is 2.61. The molecule has 0 aromatic heterocycles. The Morgan fingerprint density at radius 2 is 1.82 bits per heavy atom. The molecule has 0 aromatic carbocycles. The molecule has 5 unspecified atom stereocenters. The number of fused-ring (bicyclic) bond motifs is 1. The third-order valence-corrected chi connectivity index (χ3v) is 6.17. The van der Waals surface area contributed by atoms with Crippen LogP contribution in [0, 0.1) is 5.92 Å². The van der Waals surface area contributed by atoms with Crippen molar-refractivity contribution in [3.05, 3.63) is 0 Å². The zero-order chi connectivity index (χ0) is 16.9. The molecule has 22 heavy (non-hydrogen) atoms. The van der Waals surface area contributed by atoms with Crippen LogP contribution in [0.4, 0.5) is 0 Å². The Balaban J connectivity index is 2.22. The summed E-state index contributed by atoms with van der Waals surface area (Å²) in [5.74, 6) is -2.02. The molecule has 0 aromatic rings. The molecule has 2 rings (SSSR count). The molecule has 8 heteroatoms. The summed E-state index contributed by atoms with van der Waals surface area (Å²) in [5, 5.41) is 9.41. The quantitative estimate of drug-likeness (QED) is 0.739. The van der Waals surface area contributed by atoms with Gasteiger partial charge in [-0.3, -0.25) is 4.57 Å². The van der Waals surface area contributed by atoms with E-state index >= 15 is 0 Å². The number of aliphatic hydroxyl groups excluding tert-OH is 1.